The molecule has 0 radical (unpaired) electrons. The van der Waals surface area contributed by atoms with Crippen molar-refractivity contribution in [2.24, 2.45) is 0 Å². The van der Waals surface area contributed by atoms with Crippen molar-refractivity contribution in [2.45, 2.75) is 18.4 Å². The van der Waals surface area contributed by atoms with Crippen molar-refractivity contribution in [1.82, 2.24) is 5.32 Å². The number of benzene rings is 1. The molecule has 2 nitrogen and oxygen atoms in total. The van der Waals surface area contributed by atoms with Gasteiger partial charge in [0.05, 0.1) is 5.60 Å². The standard InChI is InChI=1S/C11H14FNO/c12-10-4-2-1-3-9(10)7-11(14)5-6-13-8-11/h1-4,13-14H,5-8H2/t11-/m1/s1. The molecule has 0 aromatic heterocycles. The highest BCUT2D eigenvalue weighted by molar-refractivity contribution is 5.20. The summed E-state index contributed by atoms with van der Waals surface area (Å²) in [6.45, 7) is 1.37. The highest BCUT2D eigenvalue weighted by Gasteiger charge is 2.31. The second-order valence-electron chi connectivity index (χ2n) is 3.92. The SMILES string of the molecule is O[C@@]1(Cc2ccccc2F)CCNC1. The smallest absolute Gasteiger partial charge is 0.126 e. The Morgan fingerprint density at radius 1 is 1.43 bits per heavy atom. The zero-order valence-electron chi connectivity index (χ0n) is 7.96. The Bertz CT molecular complexity index is 321. The number of hydrogen-bond acceptors (Lipinski definition) is 2. The minimum Gasteiger partial charge on any atom is -0.388 e. The largest absolute Gasteiger partial charge is 0.388 e. The highest BCUT2D eigenvalue weighted by Crippen LogP contribution is 2.21. The Labute approximate surface area is 82.8 Å². The van der Waals surface area contributed by atoms with Gasteiger partial charge in [-0.05, 0) is 24.6 Å². The summed E-state index contributed by atoms with van der Waals surface area (Å²) < 4.78 is 13.3. The van der Waals surface area contributed by atoms with Crippen molar-refractivity contribution in [3.05, 3.63) is 35.6 Å². The van der Waals surface area contributed by atoms with Crippen molar-refractivity contribution >= 4 is 0 Å². The number of hydrogen-bond donors (Lipinski definition) is 2. The van der Waals surface area contributed by atoms with E-state index < -0.39 is 5.60 Å². The average Bonchev–Trinajstić information content (AvgIpc) is 2.57. The molecule has 0 aliphatic carbocycles. The molecule has 1 aromatic carbocycles. The highest BCUT2D eigenvalue weighted by atomic mass is 19.1. The van der Waals surface area contributed by atoms with E-state index >= 15 is 0 Å². The van der Waals surface area contributed by atoms with Crippen molar-refractivity contribution in [3.8, 4) is 0 Å². The number of nitrogens with one attached hydrogen (secondary N) is 1. The molecule has 1 fully saturated rings. The molecular formula is C11H14FNO. The maximum Gasteiger partial charge on any atom is 0.126 e. The van der Waals surface area contributed by atoms with Gasteiger partial charge in [0.25, 0.3) is 0 Å². The first-order valence-electron chi connectivity index (χ1n) is 4.86. The summed E-state index contributed by atoms with van der Waals surface area (Å²) in [5.74, 6) is -0.229. The van der Waals surface area contributed by atoms with Gasteiger partial charge in [0.1, 0.15) is 5.82 Å². The lowest BCUT2D eigenvalue weighted by Gasteiger charge is -2.21. The van der Waals surface area contributed by atoms with Crippen LogP contribution in [0, 0.1) is 5.82 Å². The van der Waals surface area contributed by atoms with Gasteiger partial charge in [-0.25, -0.2) is 4.39 Å². The third-order valence-electron chi connectivity index (χ3n) is 2.70. The molecule has 0 amide bonds. The molecular weight excluding hydrogens is 181 g/mol. The molecule has 0 saturated carbocycles. The van der Waals surface area contributed by atoms with Gasteiger partial charge in [-0.2, -0.15) is 0 Å². The second-order valence-corrected chi connectivity index (χ2v) is 3.92. The molecule has 0 bridgehead atoms. The lowest BCUT2D eigenvalue weighted by Crippen LogP contribution is -2.34. The monoisotopic (exact) mass is 195 g/mol. The Kier molecular flexibility index (Phi) is 2.52. The first kappa shape index (κ1) is 9.62. The fourth-order valence-electron chi connectivity index (χ4n) is 1.88. The van der Waals surface area contributed by atoms with Crippen LogP contribution in [-0.4, -0.2) is 23.8 Å². The molecule has 0 spiro atoms. The van der Waals surface area contributed by atoms with E-state index in [9.17, 15) is 9.50 Å². The Morgan fingerprint density at radius 2 is 2.21 bits per heavy atom. The molecule has 3 heteroatoms. The topological polar surface area (TPSA) is 32.3 Å². The van der Waals surface area contributed by atoms with E-state index in [1.807, 2.05) is 0 Å². The summed E-state index contributed by atoms with van der Waals surface area (Å²) in [7, 11) is 0. The Balaban J connectivity index is 2.14. The van der Waals surface area contributed by atoms with E-state index in [0.717, 1.165) is 6.54 Å². The van der Waals surface area contributed by atoms with Gasteiger partial charge in [-0.3, -0.25) is 0 Å². The van der Waals surface area contributed by atoms with Gasteiger partial charge in [-0.1, -0.05) is 18.2 Å². The van der Waals surface area contributed by atoms with E-state index in [1.165, 1.54) is 6.07 Å². The molecule has 1 aliphatic heterocycles. The Morgan fingerprint density at radius 3 is 2.86 bits per heavy atom. The van der Waals surface area contributed by atoms with Gasteiger partial charge >= 0.3 is 0 Å². The van der Waals surface area contributed by atoms with Crippen LogP contribution in [0.2, 0.25) is 0 Å². The molecule has 2 N–H and O–H groups in total. The minimum absolute atomic E-state index is 0.229. The first-order valence-corrected chi connectivity index (χ1v) is 4.86. The van der Waals surface area contributed by atoms with Crippen LogP contribution in [0.25, 0.3) is 0 Å². The van der Waals surface area contributed by atoms with Crippen LogP contribution >= 0.6 is 0 Å². The number of β-amino-alcohol motifs (C(OH)–C–C–N with tert-alkyl or cyclic N) is 1. The fourth-order valence-corrected chi connectivity index (χ4v) is 1.88. The lowest BCUT2D eigenvalue weighted by atomic mass is 9.93. The quantitative estimate of drug-likeness (QED) is 0.740. The third-order valence-corrected chi connectivity index (χ3v) is 2.70. The van der Waals surface area contributed by atoms with Gasteiger partial charge in [0, 0.05) is 13.0 Å². The van der Waals surface area contributed by atoms with Gasteiger partial charge in [-0.15, -0.1) is 0 Å². The van der Waals surface area contributed by atoms with Crippen LogP contribution in [0.4, 0.5) is 4.39 Å². The van der Waals surface area contributed by atoms with Gasteiger partial charge < -0.3 is 10.4 Å². The number of rotatable bonds is 2. The molecule has 1 aromatic rings. The molecule has 14 heavy (non-hydrogen) atoms. The van der Waals surface area contributed by atoms with Crippen molar-refractivity contribution < 1.29 is 9.50 Å². The predicted molar refractivity (Wildman–Crippen MR) is 52.5 cm³/mol. The van der Waals surface area contributed by atoms with E-state index in [-0.39, 0.29) is 5.82 Å². The minimum atomic E-state index is -0.762. The molecule has 1 heterocycles. The van der Waals surface area contributed by atoms with Crippen molar-refractivity contribution in [1.29, 1.82) is 0 Å². The summed E-state index contributed by atoms with van der Waals surface area (Å²) in [6, 6.07) is 6.62. The number of halogens is 1. The fraction of sp³-hybridized carbons (Fsp3) is 0.455. The van der Waals surface area contributed by atoms with Gasteiger partial charge in [0.15, 0.2) is 0 Å². The summed E-state index contributed by atoms with van der Waals surface area (Å²) in [6.07, 6.45) is 1.09. The molecule has 2 rings (SSSR count). The van der Waals surface area contributed by atoms with E-state index in [1.54, 1.807) is 18.2 Å². The van der Waals surface area contributed by atoms with E-state index in [2.05, 4.69) is 5.32 Å². The molecule has 76 valence electrons. The molecule has 1 atom stereocenters. The van der Waals surface area contributed by atoms with Crippen LogP contribution in [0.15, 0.2) is 24.3 Å². The number of aliphatic hydroxyl groups is 1. The lowest BCUT2D eigenvalue weighted by molar-refractivity contribution is 0.0610. The summed E-state index contributed by atoms with van der Waals surface area (Å²) in [5, 5.41) is 13.1. The van der Waals surface area contributed by atoms with Crippen molar-refractivity contribution in [2.75, 3.05) is 13.1 Å². The zero-order valence-corrected chi connectivity index (χ0v) is 7.96. The van der Waals surface area contributed by atoms with Crippen LogP contribution in [-0.2, 0) is 6.42 Å². The molecule has 1 saturated heterocycles. The van der Waals surface area contributed by atoms with E-state index in [0.29, 0.717) is 24.9 Å². The van der Waals surface area contributed by atoms with Crippen LogP contribution in [0.5, 0.6) is 0 Å². The van der Waals surface area contributed by atoms with Crippen LogP contribution in [0.3, 0.4) is 0 Å². The second kappa shape index (κ2) is 3.67. The maximum atomic E-state index is 13.3. The van der Waals surface area contributed by atoms with Crippen LogP contribution in [0.1, 0.15) is 12.0 Å². The molecule has 1 aliphatic rings. The Hall–Kier alpha value is -0.930. The van der Waals surface area contributed by atoms with Crippen molar-refractivity contribution in [3.63, 3.8) is 0 Å². The normalized spacial score (nSPS) is 26.7. The molecule has 0 unspecified atom stereocenters. The average molecular weight is 195 g/mol. The maximum absolute atomic E-state index is 13.3. The van der Waals surface area contributed by atoms with Crippen LogP contribution < -0.4 is 5.32 Å². The third kappa shape index (κ3) is 1.94. The summed E-state index contributed by atoms with van der Waals surface area (Å²) >= 11 is 0. The predicted octanol–water partition coefficient (Wildman–Crippen LogP) is 1.09. The van der Waals surface area contributed by atoms with E-state index in [4.69, 9.17) is 0 Å². The summed E-state index contributed by atoms with van der Waals surface area (Å²) in [5.41, 5.74) is -0.166. The van der Waals surface area contributed by atoms with Gasteiger partial charge in [0.2, 0.25) is 0 Å². The zero-order chi connectivity index (χ0) is 10.0. The summed E-state index contributed by atoms with van der Waals surface area (Å²) in [4.78, 5) is 0. The first-order chi connectivity index (χ1) is 6.70.